The minimum atomic E-state index is 0.209. The van der Waals surface area contributed by atoms with Crippen LogP contribution in [0.4, 0.5) is 0 Å². The van der Waals surface area contributed by atoms with Crippen molar-refractivity contribution in [1.82, 2.24) is 20.0 Å². The van der Waals surface area contributed by atoms with E-state index in [9.17, 15) is 4.79 Å². The van der Waals surface area contributed by atoms with Crippen LogP contribution < -0.4 is 0 Å². The van der Waals surface area contributed by atoms with Crippen LogP contribution in [-0.4, -0.2) is 57.3 Å². The Morgan fingerprint density at radius 3 is 2.77 bits per heavy atom. The summed E-state index contributed by atoms with van der Waals surface area (Å²) in [6.07, 6.45) is 5.96. The molecule has 6 nitrogen and oxygen atoms in total. The van der Waals surface area contributed by atoms with Gasteiger partial charge in [-0.1, -0.05) is 32.5 Å². The summed E-state index contributed by atoms with van der Waals surface area (Å²) in [7, 11) is 0. The molecule has 1 aliphatic carbocycles. The monoisotopic (exact) mass is 378 g/mol. The average Bonchev–Trinajstić information content (AvgIpc) is 3.25. The second kappa shape index (κ2) is 6.82. The quantitative estimate of drug-likeness (QED) is 0.733. The summed E-state index contributed by atoms with van der Waals surface area (Å²) >= 11 is 1.38. The highest BCUT2D eigenvalue weighted by Gasteiger charge is 2.50. The first-order valence-electron chi connectivity index (χ1n) is 9.79. The largest absolute Gasteiger partial charge is 0.415 e. The molecule has 1 aromatic heterocycles. The number of hydrogen-bond donors (Lipinski definition) is 0. The number of amides is 1. The summed E-state index contributed by atoms with van der Waals surface area (Å²) in [5.74, 6) is 1.26. The van der Waals surface area contributed by atoms with E-state index in [-0.39, 0.29) is 11.3 Å². The van der Waals surface area contributed by atoms with Gasteiger partial charge in [0.15, 0.2) is 0 Å². The Balaban J connectivity index is 1.31. The fourth-order valence-corrected chi connectivity index (χ4v) is 6.12. The van der Waals surface area contributed by atoms with Crippen LogP contribution in [0.5, 0.6) is 0 Å². The van der Waals surface area contributed by atoms with E-state index in [4.69, 9.17) is 4.42 Å². The lowest BCUT2D eigenvalue weighted by atomic mass is 9.65. The second-order valence-corrected chi connectivity index (χ2v) is 10.4. The number of fused-ring (bicyclic) bond motifs is 2. The molecule has 3 heterocycles. The molecule has 1 amide bonds. The lowest BCUT2D eigenvalue weighted by Crippen LogP contribution is -2.38. The molecule has 3 aliphatic rings. The number of likely N-dealkylation sites (tertiary alicyclic amines) is 2. The fourth-order valence-electron chi connectivity index (χ4n) is 5.45. The summed E-state index contributed by atoms with van der Waals surface area (Å²) in [6, 6.07) is 0.394. The highest BCUT2D eigenvalue weighted by Crippen LogP contribution is 2.52. The van der Waals surface area contributed by atoms with Crippen molar-refractivity contribution in [2.45, 2.75) is 70.7 Å². The maximum absolute atomic E-state index is 12.8. The molecule has 0 radical (unpaired) electrons. The molecule has 0 spiro atoms. The molecule has 2 aliphatic heterocycles. The van der Waals surface area contributed by atoms with Gasteiger partial charge in [-0.15, -0.1) is 10.2 Å². The molecule has 7 heteroatoms. The Morgan fingerprint density at radius 2 is 2.00 bits per heavy atom. The van der Waals surface area contributed by atoms with Gasteiger partial charge in [-0.2, -0.15) is 0 Å². The molecule has 144 valence electrons. The summed E-state index contributed by atoms with van der Waals surface area (Å²) in [5, 5.41) is 8.76. The van der Waals surface area contributed by atoms with Crippen molar-refractivity contribution < 1.29 is 9.21 Å². The first kappa shape index (κ1) is 18.3. The zero-order valence-electron chi connectivity index (χ0n) is 16.2. The number of hydrogen-bond acceptors (Lipinski definition) is 6. The third kappa shape index (κ3) is 3.93. The lowest BCUT2D eigenvalue weighted by Gasteiger charge is -2.39. The maximum Gasteiger partial charge on any atom is 0.277 e. The van der Waals surface area contributed by atoms with Gasteiger partial charge >= 0.3 is 0 Å². The Labute approximate surface area is 160 Å². The second-order valence-electron chi connectivity index (χ2n) is 9.47. The Kier molecular flexibility index (Phi) is 4.80. The van der Waals surface area contributed by atoms with Gasteiger partial charge in [-0.3, -0.25) is 9.69 Å². The normalized spacial score (nSPS) is 30.9. The van der Waals surface area contributed by atoms with Gasteiger partial charge in [0.25, 0.3) is 5.22 Å². The number of carbonyl (C=O) groups is 1. The molecule has 0 N–H and O–H groups in total. The van der Waals surface area contributed by atoms with Crippen molar-refractivity contribution >= 4 is 17.7 Å². The third-order valence-corrected chi connectivity index (χ3v) is 6.86. The van der Waals surface area contributed by atoms with Crippen molar-refractivity contribution in [3.05, 3.63) is 5.89 Å². The van der Waals surface area contributed by atoms with Crippen LogP contribution in [0.15, 0.2) is 9.64 Å². The van der Waals surface area contributed by atoms with E-state index < -0.39 is 0 Å². The Hall–Kier alpha value is -1.08. The zero-order valence-corrected chi connectivity index (χ0v) is 17.0. The van der Waals surface area contributed by atoms with Gasteiger partial charge in [0.05, 0.1) is 12.3 Å². The maximum atomic E-state index is 12.8. The molecule has 2 saturated heterocycles. The Bertz CT molecular complexity index is 670. The lowest BCUT2D eigenvalue weighted by molar-refractivity contribution is -0.129. The SMILES string of the molecule is CC1(C)CC2CC(C)(CN2C(=O)CSc2nnc(CN3CCCC3)o2)C1. The predicted octanol–water partition coefficient (Wildman–Crippen LogP) is 3.18. The average molecular weight is 379 g/mol. The van der Waals surface area contributed by atoms with E-state index >= 15 is 0 Å². The minimum Gasteiger partial charge on any atom is -0.415 e. The molecule has 2 atom stereocenters. The van der Waals surface area contributed by atoms with Crippen LogP contribution in [-0.2, 0) is 11.3 Å². The topological polar surface area (TPSA) is 62.5 Å². The molecule has 26 heavy (non-hydrogen) atoms. The Morgan fingerprint density at radius 1 is 1.23 bits per heavy atom. The molecule has 4 rings (SSSR count). The number of rotatable bonds is 5. The van der Waals surface area contributed by atoms with Gasteiger partial charge in [-0.05, 0) is 56.0 Å². The van der Waals surface area contributed by atoms with Gasteiger partial charge in [-0.25, -0.2) is 0 Å². The van der Waals surface area contributed by atoms with Gasteiger partial charge in [0, 0.05) is 12.6 Å². The highest BCUT2D eigenvalue weighted by molar-refractivity contribution is 7.99. The number of nitrogens with zero attached hydrogens (tertiary/aromatic N) is 4. The summed E-state index contributed by atoms with van der Waals surface area (Å²) in [4.78, 5) is 17.3. The standard InChI is InChI=1S/C19H30N4O2S/c1-18(2)8-14-9-19(3,12-18)13-23(14)16(24)11-26-17-21-20-15(25-17)10-22-6-4-5-7-22/h14H,4-13H2,1-3H3. The molecule has 1 aromatic rings. The number of aromatic nitrogens is 2. The van der Waals surface area contributed by atoms with E-state index in [1.807, 2.05) is 0 Å². The number of carbonyl (C=O) groups excluding carboxylic acids is 1. The van der Waals surface area contributed by atoms with Gasteiger partial charge in [0.1, 0.15) is 0 Å². The van der Waals surface area contributed by atoms with Crippen LogP contribution in [0, 0.1) is 10.8 Å². The first-order valence-corrected chi connectivity index (χ1v) is 10.8. The molecular weight excluding hydrogens is 348 g/mol. The minimum absolute atomic E-state index is 0.209. The molecule has 2 unspecified atom stereocenters. The molecule has 0 aromatic carbocycles. The predicted molar refractivity (Wildman–Crippen MR) is 101 cm³/mol. The smallest absolute Gasteiger partial charge is 0.277 e. The molecule has 1 saturated carbocycles. The van der Waals surface area contributed by atoms with Crippen LogP contribution in [0.25, 0.3) is 0 Å². The summed E-state index contributed by atoms with van der Waals surface area (Å²) in [6.45, 7) is 10.8. The van der Waals surface area contributed by atoms with Crippen LogP contribution in [0.2, 0.25) is 0 Å². The van der Waals surface area contributed by atoms with Crippen molar-refractivity contribution in [1.29, 1.82) is 0 Å². The first-order chi connectivity index (χ1) is 12.3. The van der Waals surface area contributed by atoms with E-state index in [1.165, 1.54) is 31.0 Å². The third-order valence-electron chi connectivity index (χ3n) is 6.06. The molecule has 2 bridgehead atoms. The fraction of sp³-hybridized carbons (Fsp3) is 0.842. The summed E-state index contributed by atoms with van der Waals surface area (Å²) in [5.41, 5.74) is 0.608. The van der Waals surface area contributed by atoms with Gasteiger partial charge in [0.2, 0.25) is 11.8 Å². The summed E-state index contributed by atoms with van der Waals surface area (Å²) < 4.78 is 5.73. The van der Waals surface area contributed by atoms with Crippen molar-refractivity contribution in [2.24, 2.45) is 10.8 Å². The van der Waals surface area contributed by atoms with Crippen molar-refractivity contribution in [2.75, 3.05) is 25.4 Å². The number of thioether (sulfide) groups is 1. The van der Waals surface area contributed by atoms with E-state index in [1.54, 1.807) is 0 Å². The van der Waals surface area contributed by atoms with Crippen LogP contribution >= 0.6 is 11.8 Å². The van der Waals surface area contributed by atoms with Crippen LogP contribution in [0.1, 0.15) is 58.8 Å². The molecular formula is C19H30N4O2S. The van der Waals surface area contributed by atoms with E-state index in [0.29, 0.717) is 28.3 Å². The van der Waals surface area contributed by atoms with Crippen LogP contribution in [0.3, 0.4) is 0 Å². The van der Waals surface area contributed by atoms with Crippen molar-refractivity contribution in [3.63, 3.8) is 0 Å². The molecule has 3 fully saturated rings. The highest BCUT2D eigenvalue weighted by atomic mass is 32.2. The zero-order chi connectivity index (χ0) is 18.4. The van der Waals surface area contributed by atoms with Crippen molar-refractivity contribution in [3.8, 4) is 0 Å². The van der Waals surface area contributed by atoms with E-state index in [2.05, 4.69) is 40.8 Å². The van der Waals surface area contributed by atoms with Gasteiger partial charge < -0.3 is 9.32 Å². The van der Waals surface area contributed by atoms with E-state index in [0.717, 1.165) is 39.0 Å².